The molecule has 0 fully saturated rings. The summed E-state index contributed by atoms with van der Waals surface area (Å²) in [4.78, 5) is 11.9. The first-order valence-corrected chi connectivity index (χ1v) is 7.65. The molecule has 1 atom stereocenters. The van der Waals surface area contributed by atoms with Gasteiger partial charge in [0.05, 0.1) is 6.04 Å². The number of hydrogen-bond donors (Lipinski definition) is 1. The number of amides is 1. The van der Waals surface area contributed by atoms with Gasteiger partial charge in [0.25, 0.3) is 0 Å². The molecule has 0 aromatic heterocycles. The predicted molar refractivity (Wildman–Crippen MR) is 81.6 cm³/mol. The summed E-state index contributed by atoms with van der Waals surface area (Å²) in [6, 6.07) is 9.97. The number of halogens is 1. The van der Waals surface area contributed by atoms with Gasteiger partial charge >= 0.3 is 6.09 Å². The first kappa shape index (κ1) is 16.0. The van der Waals surface area contributed by atoms with E-state index in [-0.39, 0.29) is 12.1 Å². The van der Waals surface area contributed by atoms with Crippen molar-refractivity contribution in [2.45, 2.75) is 45.3 Å². The first-order valence-electron chi connectivity index (χ1n) is 6.53. The van der Waals surface area contributed by atoms with Gasteiger partial charge < -0.3 is 10.1 Å². The molecule has 19 heavy (non-hydrogen) atoms. The first-order chi connectivity index (χ1) is 8.92. The van der Waals surface area contributed by atoms with E-state index in [0.717, 1.165) is 23.7 Å². The van der Waals surface area contributed by atoms with E-state index in [1.807, 2.05) is 51.1 Å². The molecule has 0 spiro atoms. The molecule has 1 N–H and O–H groups in total. The van der Waals surface area contributed by atoms with Gasteiger partial charge in [-0.15, -0.1) is 0 Å². The average Bonchev–Trinajstić information content (AvgIpc) is 2.33. The van der Waals surface area contributed by atoms with E-state index in [1.54, 1.807) is 0 Å². The van der Waals surface area contributed by atoms with Crippen molar-refractivity contribution < 1.29 is 9.53 Å². The second-order valence-electron chi connectivity index (χ2n) is 5.44. The fraction of sp³-hybridized carbons (Fsp3) is 0.533. The Kier molecular flexibility index (Phi) is 6.35. The average molecular weight is 328 g/mol. The van der Waals surface area contributed by atoms with Crippen molar-refractivity contribution in [3.05, 3.63) is 35.9 Å². The van der Waals surface area contributed by atoms with Crippen LogP contribution in [0, 0.1) is 0 Å². The van der Waals surface area contributed by atoms with Crippen LogP contribution < -0.4 is 5.32 Å². The van der Waals surface area contributed by atoms with Crippen LogP contribution in [0.2, 0.25) is 0 Å². The normalized spacial score (nSPS) is 12.8. The van der Waals surface area contributed by atoms with Crippen molar-refractivity contribution in [3.63, 3.8) is 0 Å². The number of ether oxygens (including phenoxy) is 1. The minimum atomic E-state index is -0.471. The van der Waals surface area contributed by atoms with Crippen LogP contribution in [0.1, 0.15) is 45.2 Å². The summed E-state index contributed by atoms with van der Waals surface area (Å²) in [5, 5.41) is 3.87. The van der Waals surface area contributed by atoms with E-state index in [9.17, 15) is 4.79 Å². The summed E-state index contributed by atoms with van der Waals surface area (Å²) in [5.41, 5.74) is 0.634. The lowest BCUT2D eigenvalue weighted by molar-refractivity contribution is 0.0501. The van der Waals surface area contributed by atoms with E-state index in [4.69, 9.17) is 4.74 Å². The van der Waals surface area contributed by atoms with Gasteiger partial charge in [-0.05, 0) is 39.2 Å². The maximum absolute atomic E-state index is 11.9. The lowest BCUT2D eigenvalue weighted by Gasteiger charge is -2.24. The lowest BCUT2D eigenvalue weighted by atomic mass is 10.0. The number of nitrogens with one attached hydrogen (secondary N) is 1. The fourth-order valence-electron chi connectivity index (χ4n) is 1.74. The Morgan fingerprint density at radius 1 is 1.32 bits per heavy atom. The SMILES string of the molecule is CC(C)(C)OC(=O)NC(CCCBr)c1ccccc1. The molecule has 1 amide bonds. The second-order valence-corrected chi connectivity index (χ2v) is 6.23. The predicted octanol–water partition coefficient (Wildman–Crippen LogP) is 4.43. The monoisotopic (exact) mass is 327 g/mol. The fourth-order valence-corrected chi connectivity index (χ4v) is 2.06. The van der Waals surface area contributed by atoms with Crippen LogP contribution in [0.25, 0.3) is 0 Å². The number of carbonyl (C=O) groups excluding carboxylic acids is 1. The van der Waals surface area contributed by atoms with Gasteiger partial charge in [0.15, 0.2) is 0 Å². The molecule has 0 aliphatic rings. The zero-order valence-electron chi connectivity index (χ0n) is 11.8. The Hall–Kier alpha value is -1.03. The van der Waals surface area contributed by atoms with E-state index >= 15 is 0 Å². The van der Waals surface area contributed by atoms with Gasteiger partial charge in [-0.3, -0.25) is 0 Å². The summed E-state index contributed by atoms with van der Waals surface area (Å²) < 4.78 is 5.31. The number of hydrogen-bond acceptors (Lipinski definition) is 2. The molecule has 0 saturated carbocycles. The van der Waals surface area contributed by atoms with Crippen molar-refractivity contribution in [2.75, 3.05) is 5.33 Å². The summed E-state index contributed by atoms with van der Waals surface area (Å²) in [6.07, 6.45) is 1.51. The van der Waals surface area contributed by atoms with Crippen LogP contribution in [0.3, 0.4) is 0 Å². The van der Waals surface area contributed by atoms with Crippen molar-refractivity contribution in [3.8, 4) is 0 Å². The molecule has 0 aliphatic heterocycles. The molecule has 4 heteroatoms. The lowest BCUT2D eigenvalue weighted by Crippen LogP contribution is -2.35. The van der Waals surface area contributed by atoms with Crippen molar-refractivity contribution >= 4 is 22.0 Å². The summed E-state index contributed by atoms with van der Waals surface area (Å²) in [5.74, 6) is 0. The van der Waals surface area contributed by atoms with Crippen molar-refractivity contribution in [2.24, 2.45) is 0 Å². The number of alkyl carbamates (subject to hydrolysis) is 1. The third-order valence-electron chi connectivity index (χ3n) is 2.52. The van der Waals surface area contributed by atoms with E-state index < -0.39 is 5.60 Å². The van der Waals surface area contributed by atoms with Gasteiger partial charge in [-0.2, -0.15) is 0 Å². The molecule has 0 aliphatic carbocycles. The molecule has 3 nitrogen and oxygen atoms in total. The van der Waals surface area contributed by atoms with Gasteiger partial charge in [-0.25, -0.2) is 4.79 Å². The van der Waals surface area contributed by atoms with Gasteiger partial charge in [0.2, 0.25) is 0 Å². The van der Waals surface area contributed by atoms with Crippen LogP contribution in [-0.2, 0) is 4.74 Å². The topological polar surface area (TPSA) is 38.3 Å². The Morgan fingerprint density at radius 2 is 1.95 bits per heavy atom. The zero-order valence-corrected chi connectivity index (χ0v) is 13.4. The van der Waals surface area contributed by atoms with Crippen LogP contribution in [0.5, 0.6) is 0 Å². The Bertz CT molecular complexity index is 387. The Morgan fingerprint density at radius 3 is 2.47 bits per heavy atom. The second kappa shape index (κ2) is 7.53. The van der Waals surface area contributed by atoms with E-state index in [1.165, 1.54) is 0 Å². The maximum Gasteiger partial charge on any atom is 0.408 e. The number of carbonyl (C=O) groups is 1. The van der Waals surface area contributed by atoms with E-state index in [0.29, 0.717) is 0 Å². The van der Waals surface area contributed by atoms with Gasteiger partial charge in [0.1, 0.15) is 5.60 Å². The third kappa shape index (κ3) is 6.62. The van der Waals surface area contributed by atoms with Gasteiger partial charge in [-0.1, -0.05) is 46.3 Å². The highest BCUT2D eigenvalue weighted by Crippen LogP contribution is 2.19. The minimum Gasteiger partial charge on any atom is -0.444 e. The summed E-state index contributed by atoms with van der Waals surface area (Å²) >= 11 is 3.42. The maximum atomic E-state index is 11.9. The molecule has 0 bridgehead atoms. The summed E-state index contributed by atoms with van der Waals surface area (Å²) in [6.45, 7) is 5.59. The Balaban J connectivity index is 2.67. The number of benzene rings is 1. The van der Waals surface area contributed by atoms with Crippen LogP contribution in [0.15, 0.2) is 30.3 Å². The molecule has 1 unspecified atom stereocenters. The standard InChI is InChI=1S/C15H22BrNO2/c1-15(2,3)19-14(18)17-13(10-7-11-16)12-8-5-4-6-9-12/h4-6,8-9,13H,7,10-11H2,1-3H3,(H,17,18). The highest BCUT2D eigenvalue weighted by molar-refractivity contribution is 9.09. The number of rotatable bonds is 5. The van der Waals surface area contributed by atoms with Crippen LogP contribution >= 0.6 is 15.9 Å². The molecular weight excluding hydrogens is 306 g/mol. The Labute approximate surface area is 123 Å². The molecule has 0 saturated heterocycles. The highest BCUT2D eigenvalue weighted by atomic mass is 79.9. The molecule has 1 aromatic carbocycles. The molecule has 0 heterocycles. The van der Waals surface area contributed by atoms with Crippen LogP contribution in [0.4, 0.5) is 4.79 Å². The molecular formula is C15H22BrNO2. The quantitative estimate of drug-likeness (QED) is 0.812. The minimum absolute atomic E-state index is 0.00593. The van der Waals surface area contributed by atoms with Crippen LogP contribution in [-0.4, -0.2) is 17.0 Å². The number of alkyl halides is 1. The zero-order chi connectivity index (χ0) is 14.3. The van der Waals surface area contributed by atoms with Crippen molar-refractivity contribution in [1.29, 1.82) is 0 Å². The van der Waals surface area contributed by atoms with Gasteiger partial charge in [0, 0.05) is 5.33 Å². The van der Waals surface area contributed by atoms with E-state index in [2.05, 4.69) is 21.2 Å². The smallest absolute Gasteiger partial charge is 0.408 e. The molecule has 106 valence electrons. The van der Waals surface area contributed by atoms with Crippen molar-refractivity contribution in [1.82, 2.24) is 5.32 Å². The molecule has 1 rings (SSSR count). The third-order valence-corrected chi connectivity index (χ3v) is 3.08. The molecule has 0 radical (unpaired) electrons. The molecule has 1 aromatic rings. The summed E-state index contributed by atoms with van der Waals surface area (Å²) in [7, 11) is 0. The largest absolute Gasteiger partial charge is 0.444 e. The highest BCUT2D eigenvalue weighted by Gasteiger charge is 2.20.